The summed E-state index contributed by atoms with van der Waals surface area (Å²) in [6.07, 6.45) is 3.80. The highest BCUT2D eigenvalue weighted by Crippen LogP contribution is 2.16. The first-order valence-electron chi connectivity index (χ1n) is 6.24. The van der Waals surface area contributed by atoms with Crippen LogP contribution in [-0.2, 0) is 0 Å². The molecule has 0 spiro atoms. The second-order valence-electron chi connectivity index (χ2n) is 4.38. The van der Waals surface area contributed by atoms with Crippen molar-refractivity contribution in [3.05, 3.63) is 46.9 Å². The molecule has 0 atom stereocenters. The zero-order valence-electron chi connectivity index (χ0n) is 11.9. The van der Waals surface area contributed by atoms with E-state index in [1.807, 2.05) is 6.07 Å². The molecule has 0 aliphatic carbocycles. The Kier molecular flexibility index (Phi) is 5.37. The zero-order chi connectivity index (χ0) is 15.9. The fraction of sp³-hybridized carbons (Fsp3) is 0.143. The van der Waals surface area contributed by atoms with Crippen LogP contribution in [0.3, 0.4) is 0 Å². The maximum atomic E-state index is 13.5. The van der Waals surface area contributed by atoms with Crippen LogP contribution in [0.5, 0.6) is 6.01 Å². The van der Waals surface area contributed by atoms with Crippen LogP contribution < -0.4 is 4.84 Å². The minimum atomic E-state index is -0.652. The number of aliphatic imine (C=N–C) groups is 1. The van der Waals surface area contributed by atoms with Crippen molar-refractivity contribution in [2.45, 2.75) is 0 Å². The smallest absolute Gasteiger partial charge is 0.347 e. The van der Waals surface area contributed by atoms with E-state index >= 15 is 0 Å². The van der Waals surface area contributed by atoms with Crippen LogP contribution >= 0.6 is 11.6 Å². The van der Waals surface area contributed by atoms with Crippen LogP contribution in [-0.4, -0.2) is 41.5 Å². The van der Waals surface area contributed by atoms with Crippen molar-refractivity contribution in [3.63, 3.8) is 0 Å². The van der Waals surface area contributed by atoms with Crippen LogP contribution in [0.25, 0.3) is 0 Å². The Morgan fingerprint density at radius 2 is 2.09 bits per heavy atom. The minimum absolute atomic E-state index is 0.115. The number of hydrogen-bond acceptors (Lipinski definition) is 5. The van der Waals surface area contributed by atoms with Gasteiger partial charge >= 0.3 is 6.01 Å². The lowest BCUT2D eigenvalue weighted by molar-refractivity contribution is 0.313. The lowest BCUT2D eigenvalue weighted by Crippen LogP contribution is -2.07. The maximum absolute atomic E-state index is 13.5. The Morgan fingerprint density at radius 3 is 2.82 bits per heavy atom. The van der Waals surface area contributed by atoms with E-state index < -0.39 is 5.82 Å². The summed E-state index contributed by atoms with van der Waals surface area (Å²) in [5.74, 6) is -0.785. The molecule has 0 saturated carbocycles. The molecule has 0 saturated heterocycles. The largest absolute Gasteiger partial charge is 0.369 e. The third kappa shape index (κ3) is 4.49. The van der Waals surface area contributed by atoms with E-state index in [2.05, 4.69) is 20.1 Å². The molecule has 0 aliphatic rings. The molecule has 0 unspecified atom stereocenters. The van der Waals surface area contributed by atoms with Gasteiger partial charge in [-0.2, -0.15) is 9.97 Å². The number of oxime groups is 1. The molecule has 2 aromatic rings. The first-order valence-corrected chi connectivity index (χ1v) is 6.62. The quantitative estimate of drug-likeness (QED) is 0.482. The van der Waals surface area contributed by atoms with Gasteiger partial charge in [-0.1, -0.05) is 35.0 Å². The second kappa shape index (κ2) is 7.46. The topological polar surface area (TPSA) is 63.0 Å². The summed E-state index contributed by atoms with van der Waals surface area (Å²) in [6.45, 7) is 0. The average molecular weight is 322 g/mol. The molecule has 1 aromatic carbocycles. The van der Waals surface area contributed by atoms with E-state index in [4.69, 9.17) is 16.4 Å². The van der Waals surface area contributed by atoms with Crippen LogP contribution in [0.15, 0.2) is 40.6 Å². The Morgan fingerprint density at radius 1 is 1.32 bits per heavy atom. The van der Waals surface area contributed by atoms with Gasteiger partial charge in [0.15, 0.2) is 11.6 Å². The Balaban J connectivity index is 2.10. The third-order valence-corrected chi connectivity index (χ3v) is 2.69. The predicted molar refractivity (Wildman–Crippen MR) is 83.5 cm³/mol. The van der Waals surface area contributed by atoms with E-state index in [1.165, 1.54) is 12.6 Å². The molecular weight excluding hydrogens is 309 g/mol. The van der Waals surface area contributed by atoms with Crippen LogP contribution in [0.2, 0.25) is 5.02 Å². The van der Waals surface area contributed by atoms with Crippen molar-refractivity contribution >= 4 is 30.0 Å². The summed E-state index contributed by atoms with van der Waals surface area (Å²) in [6, 6.07) is 7.00. The molecule has 0 bridgehead atoms. The lowest BCUT2D eigenvalue weighted by Gasteiger charge is -2.03. The molecule has 2 rings (SSSR count). The van der Waals surface area contributed by atoms with Crippen LogP contribution in [0.1, 0.15) is 5.56 Å². The van der Waals surface area contributed by atoms with Gasteiger partial charge in [0.25, 0.3) is 0 Å². The van der Waals surface area contributed by atoms with Crippen LogP contribution in [0, 0.1) is 5.82 Å². The molecule has 0 N–H and O–H groups in total. The number of hydrogen-bond donors (Lipinski definition) is 0. The molecule has 1 heterocycles. The number of nitrogens with zero attached hydrogens (tertiary/aromatic N) is 5. The molecule has 114 valence electrons. The van der Waals surface area contributed by atoms with E-state index in [0.717, 1.165) is 6.20 Å². The molecule has 0 radical (unpaired) electrons. The number of rotatable bonds is 5. The first-order chi connectivity index (χ1) is 10.6. The lowest BCUT2D eigenvalue weighted by atomic mass is 10.2. The molecule has 8 heteroatoms. The molecule has 0 amide bonds. The summed E-state index contributed by atoms with van der Waals surface area (Å²) >= 11 is 5.97. The number of benzene rings is 1. The van der Waals surface area contributed by atoms with Crippen molar-refractivity contribution in [2.24, 2.45) is 10.1 Å². The highest BCUT2D eigenvalue weighted by atomic mass is 35.5. The van der Waals surface area contributed by atoms with Gasteiger partial charge in [-0.15, -0.1) is 0 Å². The van der Waals surface area contributed by atoms with Crippen molar-refractivity contribution in [2.75, 3.05) is 14.1 Å². The molecule has 0 aliphatic heterocycles. The van der Waals surface area contributed by atoms with Crippen molar-refractivity contribution in [1.29, 1.82) is 0 Å². The maximum Gasteiger partial charge on any atom is 0.347 e. The van der Waals surface area contributed by atoms with E-state index in [-0.39, 0.29) is 11.8 Å². The van der Waals surface area contributed by atoms with Crippen LogP contribution in [0.4, 0.5) is 10.2 Å². The van der Waals surface area contributed by atoms with Gasteiger partial charge in [-0.3, -0.25) is 0 Å². The van der Waals surface area contributed by atoms with Gasteiger partial charge in [0, 0.05) is 24.7 Å². The Labute approximate surface area is 131 Å². The monoisotopic (exact) mass is 321 g/mol. The van der Waals surface area contributed by atoms with Gasteiger partial charge in [0.05, 0.1) is 18.7 Å². The fourth-order valence-electron chi connectivity index (χ4n) is 1.36. The second-order valence-corrected chi connectivity index (χ2v) is 4.79. The van der Waals surface area contributed by atoms with Crippen molar-refractivity contribution in [1.82, 2.24) is 14.9 Å². The highest BCUT2D eigenvalue weighted by Gasteiger charge is 2.06. The van der Waals surface area contributed by atoms with Gasteiger partial charge in [0.2, 0.25) is 0 Å². The molecule has 1 aromatic heterocycles. The number of halogens is 2. The van der Waals surface area contributed by atoms with E-state index in [0.29, 0.717) is 10.6 Å². The number of aromatic nitrogens is 2. The molecule has 0 fully saturated rings. The SMILES string of the molecule is CN(C)/C=N/c1nc(ON=Cc2ccccc2Cl)ncc1F. The fourth-order valence-corrected chi connectivity index (χ4v) is 1.54. The summed E-state index contributed by atoms with van der Waals surface area (Å²) in [5.41, 5.74) is 0.678. The summed E-state index contributed by atoms with van der Waals surface area (Å²) in [5, 5.41) is 4.25. The van der Waals surface area contributed by atoms with Crippen molar-refractivity contribution in [3.8, 4) is 6.01 Å². The normalized spacial score (nSPS) is 11.3. The first kappa shape index (κ1) is 15.8. The third-order valence-electron chi connectivity index (χ3n) is 2.35. The Bertz CT molecular complexity index is 705. The standard InChI is InChI=1S/C14H13ClFN5O/c1-21(2)9-18-13-12(16)8-17-14(20-13)22-19-7-10-5-3-4-6-11(10)15/h3-9H,1-2H3/b18-9+,19-7?. The highest BCUT2D eigenvalue weighted by molar-refractivity contribution is 6.33. The molecule has 6 nitrogen and oxygen atoms in total. The van der Waals surface area contributed by atoms with Gasteiger partial charge in [0.1, 0.15) is 0 Å². The molecule has 22 heavy (non-hydrogen) atoms. The summed E-state index contributed by atoms with van der Waals surface area (Å²) in [4.78, 5) is 18.0. The van der Waals surface area contributed by atoms with Gasteiger partial charge in [-0.05, 0) is 6.07 Å². The minimum Gasteiger partial charge on any atom is -0.369 e. The van der Waals surface area contributed by atoms with Gasteiger partial charge in [-0.25, -0.2) is 9.38 Å². The summed E-state index contributed by atoms with van der Waals surface area (Å²) < 4.78 is 13.5. The zero-order valence-corrected chi connectivity index (χ0v) is 12.7. The van der Waals surface area contributed by atoms with Gasteiger partial charge < -0.3 is 9.74 Å². The molecular formula is C14H13ClFN5O. The van der Waals surface area contributed by atoms with Crippen molar-refractivity contribution < 1.29 is 9.23 Å². The predicted octanol–water partition coefficient (Wildman–Crippen LogP) is 2.90. The van der Waals surface area contributed by atoms with E-state index in [9.17, 15) is 4.39 Å². The van der Waals surface area contributed by atoms with E-state index in [1.54, 1.807) is 37.2 Å². The Hall–Kier alpha value is -2.54. The average Bonchev–Trinajstić information content (AvgIpc) is 2.49. The summed E-state index contributed by atoms with van der Waals surface area (Å²) in [7, 11) is 3.52.